The highest BCUT2D eigenvalue weighted by molar-refractivity contribution is 7.91. The van der Waals surface area contributed by atoms with Crippen LogP contribution in [0.5, 0.6) is 0 Å². The van der Waals surface area contributed by atoms with Crippen molar-refractivity contribution in [1.82, 2.24) is 29.2 Å². The van der Waals surface area contributed by atoms with Gasteiger partial charge in [-0.3, -0.25) is 0 Å². The maximum Gasteiger partial charge on any atom is 0.416 e. The third-order valence-corrected chi connectivity index (χ3v) is 6.04. The van der Waals surface area contributed by atoms with Crippen LogP contribution < -0.4 is 5.32 Å². The van der Waals surface area contributed by atoms with Gasteiger partial charge in [-0.25, -0.2) is 22.9 Å². The summed E-state index contributed by atoms with van der Waals surface area (Å²) in [6.45, 7) is 3.88. The molecule has 4 aromatic heterocycles. The number of aromatic nitrogens is 6. The van der Waals surface area contributed by atoms with Crippen molar-refractivity contribution in [2.24, 2.45) is 0 Å². The predicted molar refractivity (Wildman–Crippen MR) is 102 cm³/mol. The van der Waals surface area contributed by atoms with Crippen molar-refractivity contribution in [3.8, 4) is 11.4 Å². The van der Waals surface area contributed by atoms with Gasteiger partial charge in [0.1, 0.15) is 11.4 Å². The van der Waals surface area contributed by atoms with Crippen LogP contribution in [0.1, 0.15) is 19.4 Å². The second-order valence-electron chi connectivity index (χ2n) is 6.33. The van der Waals surface area contributed by atoms with E-state index in [2.05, 4.69) is 25.5 Å². The third-order valence-electron chi connectivity index (χ3n) is 4.41. The fraction of sp³-hybridized carbons (Fsp3) is 0.294. The number of hydrogen-bond donors (Lipinski definition) is 1. The molecule has 0 unspecified atom stereocenters. The Bertz CT molecular complexity index is 1360. The van der Waals surface area contributed by atoms with Gasteiger partial charge in [-0.15, -0.1) is 5.10 Å². The van der Waals surface area contributed by atoms with Gasteiger partial charge in [-0.05, 0) is 25.1 Å². The molecule has 0 fully saturated rings. The number of fused-ring (bicyclic) bond motifs is 2. The Hall–Kier alpha value is -3.22. The lowest BCUT2D eigenvalue weighted by Gasteiger charge is -2.05. The highest BCUT2D eigenvalue weighted by Crippen LogP contribution is 2.32. The van der Waals surface area contributed by atoms with E-state index in [9.17, 15) is 21.6 Å². The van der Waals surface area contributed by atoms with Crippen molar-refractivity contribution >= 4 is 26.9 Å². The lowest BCUT2D eigenvalue weighted by Crippen LogP contribution is -2.07. The van der Waals surface area contributed by atoms with Crippen molar-refractivity contribution in [2.75, 3.05) is 17.6 Å². The number of hydrogen-bond acceptors (Lipinski definition) is 7. The van der Waals surface area contributed by atoms with Crippen LogP contribution in [-0.2, 0) is 16.0 Å². The molecule has 0 radical (unpaired) electrons. The summed E-state index contributed by atoms with van der Waals surface area (Å²) in [7, 11) is -3.81. The number of pyridine rings is 1. The SMILES string of the molecule is CCNc1ccnc2c(-c3nc4cc(C(F)(F)F)ccn4n3)c(S(=O)(=O)CC)nn12. The lowest BCUT2D eigenvalue weighted by molar-refractivity contribution is -0.137. The minimum absolute atomic E-state index is 0.0360. The predicted octanol–water partition coefficient (Wildman–Crippen LogP) is 2.68. The molecular weight excluding hydrogens is 423 g/mol. The zero-order valence-corrected chi connectivity index (χ0v) is 16.7. The number of nitrogens with one attached hydrogen (secondary N) is 1. The fourth-order valence-corrected chi connectivity index (χ4v) is 3.93. The first-order valence-corrected chi connectivity index (χ1v) is 10.6. The van der Waals surface area contributed by atoms with Crippen LogP contribution in [0.4, 0.5) is 19.0 Å². The molecule has 0 saturated carbocycles. The molecule has 0 aliphatic rings. The molecule has 9 nitrogen and oxygen atoms in total. The van der Waals surface area contributed by atoms with Crippen LogP contribution in [0.25, 0.3) is 22.7 Å². The number of alkyl halides is 3. The van der Waals surface area contributed by atoms with Crippen LogP contribution in [0.3, 0.4) is 0 Å². The van der Waals surface area contributed by atoms with Crippen molar-refractivity contribution in [3.63, 3.8) is 0 Å². The number of halogens is 3. The number of sulfone groups is 1. The van der Waals surface area contributed by atoms with Gasteiger partial charge in [-0.1, -0.05) is 6.92 Å². The molecule has 0 atom stereocenters. The van der Waals surface area contributed by atoms with Gasteiger partial charge < -0.3 is 5.32 Å². The molecule has 4 heterocycles. The number of nitrogens with zero attached hydrogens (tertiary/aromatic N) is 6. The molecule has 0 aliphatic heterocycles. The van der Waals surface area contributed by atoms with Crippen LogP contribution in [0.15, 0.2) is 35.6 Å². The Labute approximate surface area is 168 Å². The van der Waals surface area contributed by atoms with Gasteiger partial charge in [-0.2, -0.15) is 22.8 Å². The molecule has 0 saturated heterocycles. The normalized spacial score (nSPS) is 12.7. The van der Waals surface area contributed by atoms with Crippen molar-refractivity contribution in [2.45, 2.75) is 25.0 Å². The standard InChI is InChI=1S/C17H16F3N7O2S/c1-3-21-11-5-7-22-15-13(16(25-27(11)15)30(28,29)4-2)14-23-12-9-10(17(18,19)20)6-8-26(12)24-14/h5-9,21H,3-4H2,1-2H3. The van der Waals surface area contributed by atoms with Gasteiger partial charge in [0.2, 0.25) is 0 Å². The van der Waals surface area contributed by atoms with Crippen LogP contribution in [-0.4, -0.2) is 49.9 Å². The first-order chi connectivity index (χ1) is 14.2. The van der Waals surface area contributed by atoms with Gasteiger partial charge in [0.05, 0.1) is 11.3 Å². The van der Waals surface area contributed by atoms with Gasteiger partial charge in [0, 0.05) is 18.9 Å². The second kappa shape index (κ2) is 6.93. The molecule has 0 amide bonds. The molecule has 4 rings (SSSR count). The minimum Gasteiger partial charge on any atom is -0.370 e. The Kier molecular flexibility index (Phi) is 4.64. The smallest absolute Gasteiger partial charge is 0.370 e. The molecular formula is C17H16F3N7O2S. The van der Waals surface area contributed by atoms with Gasteiger partial charge >= 0.3 is 6.18 Å². The van der Waals surface area contributed by atoms with Crippen LogP contribution in [0.2, 0.25) is 0 Å². The summed E-state index contributed by atoms with van der Waals surface area (Å²) in [5.74, 6) is 0.188. The maximum absolute atomic E-state index is 13.0. The summed E-state index contributed by atoms with van der Waals surface area (Å²) in [5.41, 5.74) is -0.758. The van der Waals surface area contributed by atoms with Gasteiger partial charge in [0.15, 0.2) is 32.0 Å². The third kappa shape index (κ3) is 3.24. The maximum atomic E-state index is 13.0. The Balaban J connectivity index is 2.02. The topological polar surface area (TPSA) is 107 Å². The van der Waals surface area contributed by atoms with Crippen molar-refractivity contribution in [1.29, 1.82) is 0 Å². The van der Waals surface area contributed by atoms with E-state index in [1.165, 1.54) is 17.6 Å². The number of anilines is 1. The molecule has 13 heteroatoms. The molecule has 0 bridgehead atoms. The minimum atomic E-state index is -4.54. The zero-order chi connectivity index (χ0) is 21.7. The van der Waals surface area contributed by atoms with E-state index >= 15 is 0 Å². The monoisotopic (exact) mass is 439 g/mol. The quantitative estimate of drug-likeness (QED) is 0.510. The number of rotatable bonds is 5. The molecule has 158 valence electrons. The molecule has 0 aromatic carbocycles. The zero-order valence-electron chi connectivity index (χ0n) is 15.8. The largest absolute Gasteiger partial charge is 0.416 e. The van der Waals surface area contributed by atoms with E-state index in [4.69, 9.17) is 0 Å². The van der Waals surface area contributed by atoms with Crippen molar-refractivity contribution in [3.05, 3.63) is 36.2 Å². The summed E-state index contributed by atoms with van der Waals surface area (Å²) in [4.78, 5) is 8.36. The summed E-state index contributed by atoms with van der Waals surface area (Å²) in [6.07, 6.45) is -1.96. The Morgan fingerprint density at radius 1 is 1.17 bits per heavy atom. The highest BCUT2D eigenvalue weighted by atomic mass is 32.2. The molecule has 30 heavy (non-hydrogen) atoms. The second-order valence-corrected chi connectivity index (χ2v) is 8.52. The lowest BCUT2D eigenvalue weighted by atomic mass is 10.2. The van der Waals surface area contributed by atoms with E-state index in [0.717, 1.165) is 22.8 Å². The highest BCUT2D eigenvalue weighted by Gasteiger charge is 2.32. The van der Waals surface area contributed by atoms with Crippen LogP contribution in [0, 0.1) is 0 Å². The summed E-state index contributed by atoms with van der Waals surface area (Å²) in [5, 5.41) is 11.2. The summed E-state index contributed by atoms with van der Waals surface area (Å²) >= 11 is 0. The molecule has 1 N–H and O–H groups in total. The fourth-order valence-electron chi connectivity index (χ4n) is 2.95. The summed E-state index contributed by atoms with van der Waals surface area (Å²) < 4.78 is 66.9. The Morgan fingerprint density at radius 3 is 2.60 bits per heavy atom. The molecule has 4 aromatic rings. The van der Waals surface area contributed by atoms with E-state index in [-0.39, 0.29) is 33.5 Å². The average Bonchev–Trinajstić information content (AvgIpc) is 3.29. The van der Waals surface area contributed by atoms with Gasteiger partial charge in [0.25, 0.3) is 0 Å². The van der Waals surface area contributed by atoms with E-state index in [1.54, 1.807) is 6.07 Å². The first-order valence-electron chi connectivity index (χ1n) is 8.94. The van der Waals surface area contributed by atoms with Crippen LogP contribution >= 0.6 is 0 Å². The van der Waals surface area contributed by atoms with E-state index < -0.39 is 21.6 Å². The van der Waals surface area contributed by atoms with E-state index in [1.807, 2.05) is 6.92 Å². The summed E-state index contributed by atoms with van der Waals surface area (Å²) in [6, 6.07) is 3.34. The molecule has 0 spiro atoms. The first kappa shape index (κ1) is 20.1. The van der Waals surface area contributed by atoms with E-state index in [0.29, 0.717) is 12.4 Å². The Morgan fingerprint density at radius 2 is 1.93 bits per heavy atom. The van der Waals surface area contributed by atoms with Crippen molar-refractivity contribution < 1.29 is 21.6 Å². The average molecular weight is 439 g/mol. The molecule has 0 aliphatic carbocycles.